The minimum atomic E-state index is -0.987. The Morgan fingerprint density at radius 2 is 0.859 bits per heavy atom. The second-order valence-corrected chi connectivity index (χ2v) is 19.3. The molecule has 0 aromatic heterocycles. The zero-order valence-electron chi connectivity index (χ0n) is 38.5. The van der Waals surface area contributed by atoms with Crippen molar-refractivity contribution in [2.45, 2.75) is 123 Å². The third-order valence-electron chi connectivity index (χ3n) is 12.8. The second kappa shape index (κ2) is 19.3. The van der Waals surface area contributed by atoms with Crippen molar-refractivity contribution in [1.82, 2.24) is 0 Å². The van der Waals surface area contributed by atoms with Crippen molar-refractivity contribution in [1.29, 1.82) is 0 Å². The molecule has 9 nitrogen and oxygen atoms in total. The van der Waals surface area contributed by atoms with Gasteiger partial charge in [0.05, 0.1) is 22.3 Å². The van der Waals surface area contributed by atoms with Gasteiger partial charge in [0, 0.05) is 43.4 Å². The first-order valence-corrected chi connectivity index (χ1v) is 21.5. The first-order valence-electron chi connectivity index (χ1n) is 21.5. The van der Waals surface area contributed by atoms with Crippen LogP contribution >= 0.6 is 0 Å². The van der Waals surface area contributed by atoms with Gasteiger partial charge in [-0.3, -0.25) is 9.59 Å². The van der Waals surface area contributed by atoms with Crippen LogP contribution in [0.15, 0.2) is 103 Å². The first kappa shape index (κ1) is 49.4. The van der Waals surface area contributed by atoms with Gasteiger partial charge in [0.2, 0.25) is 0 Å². The molecule has 0 saturated carbocycles. The molecule has 0 radical (unpaired) electrons. The Labute approximate surface area is 389 Å². The van der Waals surface area contributed by atoms with E-state index in [4.69, 9.17) is 14.6 Å². The Hall–Kier alpha value is -5.57. The minimum Gasteiger partial charge on any atom is -0.478 e. The van der Waals surface area contributed by atoms with Gasteiger partial charge in [-0.15, -0.1) is 0 Å². The molecule has 3 aliphatic rings. The molecule has 0 heterocycles. The predicted octanol–water partition coefficient (Wildman–Crippen LogP) is 11.6. The van der Waals surface area contributed by atoms with Crippen LogP contribution in [0.25, 0.3) is 0 Å². The molecule has 0 spiro atoms. The normalized spacial score (nSPS) is 18.4. The van der Waals surface area contributed by atoms with E-state index >= 15 is 0 Å². The molecule has 0 amide bonds. The Bertz CT molecular complexity index is 2580. The molecule has 0 bridgehead atoms. The number of carboxylic acids is 1. The summed E-state index contributed by atoms with van der Waals surface area (Å²) < 4.78 is 10.8. The fourth-order valence-electron chi connectivity index (χ4n) is 8.46. The van der Waals surface area contributed by atoms with Gasteiger partial charge in [0.15, 0.2) is 11.6 Å². The predicted molar refractivity (Wildman–Crippen MR) is 244 cm³/mol. The summed E-state index contributed by atoms with van der Waals surface area (Å²) in [5, 5.41) is 19.6. The SMILES string of the molecule is CC1(C)CCC(=O)c2cc(C(=O)O)ccc21.Cc1ccc(OC(=O)c2ccc3c(c2)C(=O)CCC3(C)C)cc1.Cc1ccc(OC(=O)c2ccc3c(c2)C(C)(O)CCC3(C)C)cc1.[Zn]. The molecular weight excluding hydrogens is 858 g/mol. The van der Waals surface area contributed by atoms with Crippen molar-refractivity contribution in [2.24, 2.45) is 0 Å². The number of rotatable bonds is 5. The molecule has 1 atom stereocenters. The van der Waals surface area contributed by atoms with Crippen LogP contribution in [0.3, 0.4) is 0 Å². The van der Waals surface area contributed by atoms with Crippen molar-refractivity contribution in [3.8, 4) is 11.5 Å². The van der Waals surface area contributed by atoms with Crippen molar-refractivity contribution in [3.05, 3.63) is 164 Å². The van der Waals surface area contributed by atoms with Gasteiger partial charge in [-0.25, -0.2) is 14.4 Å². The molecule has 330 valence electrons. The monoisotopic (exact) mass is 914 g/mol. The van der Waals surface area contributed by atoms with Crippen molar-refractivity contribution in [3.63, 3.8) is 0 Å². The number of Topliss-reactive ketones (excluding diaryl/α,β-unsaturated/α-hetero) is 2. The maximum Gasteiger partial charge on any atom is 0.343 e. The van der Waals surface area contributed by atoms with E-state index in [9.17, 15) is 29.1 Å². The van der Waals surface area contributed by atoms with Gasteiger partial charge in [-0.1, -0.05) is 95.1 Å². The number of aromatic carboxylic acids is 1. The Morgan fingerprint density at radius 1 is 0.484 bits per heavy atom. The number of hydrogen-bond donors (Lipinski definition) is 2. The van der Waals surface area contributed by atoms with Gasteiger partial charge in [0.25, 0.3) is 0 Å². The van der Waals surface area contributed by atoms with Crippen LogP contribution in [0.1, 0.15) is 172 Å². The number of benzene rings is 5. The van der Waals surface area contributed by atoms with E-state index in [0.717, 1.165) is 52.6 Å². The molecule has 8 rings (SSSR count). The third-order valence-corrected chi connectivity index (χ3v) is 12.8. The van der Waals surface area contributed by atoms with E-state index in [0.29, 0.717) is 53.0 Å². The molecule has 64 heavy (non-hydrogen) atoms. The zero-order valence-corrected chi connectivity index (χ0v) is 41.5. The number of ketones is 2. The zero-order chi connectivity index (χ0) is 46.1. The van der Waals surface area contributed by atoms with Crippen molar-refractivity contribution < 1.29 is 63.1 Å². The van der Waals surface area contributed by atoms with Crippen molar-refractivity contribution in [2.75, 3.05) is 0 Å². The summed E-state index contributed by atoms with van der Waals surface area (Å²) in [6.07, 6.45) is 4.29. The van der Waals surface area contributed by atoms with E-state index in [2.05, 4.69) is 41.5 Å². The largest absolute Gasteiger partial charge is 0.478 e. The second-order valence-electron chi connectivity index (χ2n) is 19.3. The number of ether oxygens (including phenoxy) is 2. The smallest absolute Gasteiger partial charge is 0.343 e. The molecular formula is C54H58O9Zn. The van der Waals surface area contributed by atoms with Crippen LogP contribution < -0.4 is 9.47 Å². The van der Waals surface area contributed by atoms with Gasteiger partial charge in [0.1, 0.15) is 11.5 Å². The summed E-state index contributed by atoms with van der Waals surface area (Å²) in [5.74, 6) is -0.644. The number of carbonyl (C=O) groups is 5. The van der Waals surface area contributed by atoms with Crippen LogP contribution in [0.4, 0.5) is 0 Å². The number of fused-ring (bicyclic) bond motifs is 3. The van der Waals surface area contributed by atoms with Crippen LogP contribution in [0, 0.1) is 13.8 Å². The molecule has 1 unspecified atom stereocenters. The van der Waals surface area contributed by atoms with E-state index in [1.807, 2.05) is 57.2 Å². The molecule has 10 heteroatoms. The van der Waals surface area contributed by atoms with Crippen molar-refractivity contribution >= 4 is 29.5 Å². The Kier molecular flexibility index (Phi) is 14.9. The van der Waals surface area contributed by atoms with Gasteiger partial charge < -0.3 is 19.7 Å². The fourth-order valence-corrected chi connectivity index (χ4v) is 8.46. The van der Waals surface area contributed by atoms with E-state index in [1.165, 1.54) is 6.07 Å². The summed E-state index contributed by atoms with van der Waals surface area (Å²) in [6, 6.07) is 30.4. The Morgan fingerprint density at radius 3 is 1.30 bits per heavy atom. The summed E-state index contributed by atoms with van der Waals surface area (Å²) in [7, 11) is 0. The van der Waals surface area contributed by atoms with E-state index in [-0.39, 0.29) is 52.9 Å². The number of aliphatic hydroxyl groups is 1. The van der Waals surface area contributed by atoms with E-state index in [1.54, 1.807) is 60.7 Å². The number of esters is 2. The minimum absolute atomic E-state index is 0. The molecule has 5 aromatic carbocycles. The molecule has 0 saturated heterocycles. The summed E-state index contributed by atoms with van der Waals surface area (Å²) >= 11 is 0. The topological polar surface area (TPSA) is 144 Å². The molecule has 0 aliphatic heterocycles. The van der Waals surface area contributed by atoms with Gasteiger partial charge in [-0.05, 0) is 146 Å². The third kappa shape index (κ3) is 11.2. The summed E-state index contributed by atoms with van der Waals surface area (Å²) in [4.78, 5) is 59.6. The summed E-state index contributed by atoms with van der Waals surface area (Å²) in [6.45, 7) is 18.5. The first-order chi connectivity index (χ1) is 29.5. The number of carboxylic acid groups (broad SMARTS) is 1. The molecule has 3 aliphatic carbocycles. The number of carbonyl (C=O) groups excluding carboxylic acids is 4. The molecule has 0 fully saturated rings. The standard InChI is InChI=1S/C21H24O3.C20H20O3.C13H14O3.Zn/c1-14-5-8-16(9-6-14)24-19(22)15-7-10-17-18(13-15)21(4,23)12-11-20(17,2)3;1-13-4-7-15(8-5-13)23-19(22)14-6-9-17-16(12-14)18(21)10-11-20(17,2)3;1-13(2)6-5-11(14)9-7-8(12(15)16)3-4-10(9)13;/h5-10,13,23H,11-12H2,1-4H3;4-9,12H,10-11H2,1-3H3;3-4,7H,5-6H2,1-2H3,(H,15,16);. The Balaban J connectivity index is 0.000000183. The number of hydrogen-bond acceptors (Lipinski definition) is 8. The van der Waals surface area contributed by atoms with Gasteiger partial charge in [-0.2, -0.15) is 0 Å². The van der Waals surface area contributed by atoms with Crippen LogP contribution in [0.2, 0.25) is 0 Å². The summed E-state index contributed by atoms with van der Waals surface area (Å²) in [5.41, 5.74) is 7.43. The maximum atomic E-state index is 12.5. The average molecular weight is 916 g/mol. The number of aryl methyl sites for hydroxylation is 2. The fraction of sp³-hybridized carbons (Fsp3) is 0.352. The molecule has 2 N–H and O–H groups in total. The molecule has 5 aromatic rings. The van der Waals surface area contributed by atoms with Crippen LogP contribution in [-0.4, -0.2) is 39.7 Å². The van der Waals surface area contributed by atoms with Crippen LogP contribution in [-0.2, 0) is 41.3 Å². The van der Waals surface area contributed by atoms with E-state index < -0.39 is 23.5 Å². The van der Waals surface area contributed by atoms with Crippen LogP contribution in [0.5, 0.6) is 11.5 Å². The quantitative estimate of drug-likeness (QED) is 0.1000. The average Bonchev–Trinajstić information content (AvgIpc) is 3.24. The van der Waals surface area contributed by atoms with Gasteiger partial charge >= 0.3 is 17.9 Å². The maximum absolute atomic E-state index is 12.5.